The Balaban J connectivity index is 1.80. The zero-order chi connectivity index (χ0) is 22.2. The van der Waals surface area contributed by atoms with Crippen molar-refractivity contribution >= 4 is 5.91 Å². The van der Waals surface area contributed by atoms with E-state index in [1.54, 1.807) is 33.8 Å². The molecule has 3 rings (SSSR count). The number of halogens is 1. The quantitative estimate of drug-likeness (QED) is 0.524. The van der Waals surface area contributed by atoms with Crippen LogP contribution in [0, 0.1) is 5.82 Å². The average Bonchev–Trinajstić information content (AvgIpc) is 3.23. The fraction of sp³-hybridized carbons (Fsp3) is 0.360. The second-order valence-electron chi connectivity index (χ2n) is 7.87. The van der Waals surface area contributed by atoms with Crippen LogP contribution in [0.15, 0.2) is 60.7 Å². The van der Waals surface area contributed by atoms with E-state index in [-0.39, 0.29) is 17.8 Å². The number of quaternary nitrogens is 1. The van der Waals surface area contributed by atoms with Crippen molar-refractivity contribution in [3.05, 3.63) is 72.2 Å². The number of para-hydroxylation sites is 1. The molecule has 0 saturated carbocycles. The standard InChI is InChI=1S/C25H31FN4O/c1-4-29(5-2)17-11-12-19(3)27-25(31)24-18-23(21-15-9-10-16-22(21)26)28-30(24)20-13-7-6-8-14-20/h6-10,13-16,18-19H,4-5,11-12,17H2,1-3H3,(H,27,31)/p+1/t19-/m0/s1. The second kappa shape index (κ2) is 10.9. The van der Waals surface area contributed by atoms with Gasteiger partial charge in [0.05, 0.1) is 31.0 Å². The molecule has 0 aliphatic rings. The van der Waals surface area contributed by atoms with E-state index < -0.39 is 0 Å². The Morgan fingerprint density at radius 2 is 1.77 bits per heavy atom. The molecule has 0 aliphatic carbocycles. The average molecular weight is 424 g/mol. The van der Waals surface area contributed by atoms with Crippen LogP contribution in [0.2, 0.25) is 0 Å². The lowest BCUT2D eigenvalue weighted by atomic mass is 10.1. The minimum Gasteiger partial charge on any atom is -0.348 e. The summed E-state index contributed by atoms with van der Waals surface area (Å²) in [4.78, 5) is 14.7. The van der Waals surface area contributed by atoms with Crippen molar-refractivity contribution in [2.24, 2.45) is 0 Å². The summed E-state index contributed by atoms with van der Waals surface area (Å²) in [5.41, 5.74) is 1.96. The molecule has 2 N–H and O–H groups in total. The zero-order valence-electron chi connectivity index (χ0n) is 18.6. The predicted octanol–water partition coefficient (Wildman–Crippen LogP) is 3.50. The maximum absolute atomic E-state index is 14.3. The number of carbonyl (C=O) groups is 1. The van der Waals surface area contributed by atoms with Gasteiger partial charge in [-0.2, -0.15) is 5.10 Å². The molecular weight excluding hydrogens is 391 g/mol. The maximum atomic E-state index is 14.3. The maximum Gasteiger partial charge on any atom is 0.270 e. The van der Waals surface area contributed by atoms with Crippen LogP contribution in [0.1, 0.15) is 44.1 Å². The highest BCUT2D eigenvalue weighted by Gasteiger charge is 2.20. The molecule has 1 atom stereocenters. The molecule has 31 heavy (non-hydrogen) atoms. The van der Waals surface area contributed by atoms with Gasteiger partial charge in [0.1, 0.15) is 11.5 Å². The minimum absolute atomic E-state index is 0.0403. The number of nitrogens with zero attached hydrogens (tertiary/aromatic N) is 2. The molecule has 0 fully saturated rings. The van der Waals surface area contributed by atoms with E-state index in [0.717, 1.165) is 38.2 Å². The third-order valence-corrected chi connectivity index (χ3v) is 5.64. The first-order chi connectivity index (χ1) is 15.0. The Bertz CT molecular complexity index is 982. The molecule has 2 aromatic carbocycles. The van der Waals surface area contributed by atoms with Gasteiger partial charge in [-0.3, -0.25) is 4.79 Å². The van der Waals surface area contributed by atoms with Crippen LogP contribution in [0.25, 0.3) is 16.9 Å². The van der Waals surface area contributed by atoms with Crippen LogP contribution in [-0.4, -0.2) is 41.4 Å². The van der Waals surface area contributed by atoms with Crippen molar-refractivity contribution in [3.63, 3.8) is 0 Å². The van der Waals surface area contributed by atoms with Gasteiger partial charge in [-0.05, 0) is 63.9 Å². The highest BCUT2D eigenvalue weighted by atomic mass is 19.1. The molecule has 1 amide bonds. The monoisotopic (exact) mass is 423 g/mol. The summed E-state index contributed by atoms with van der Waals surface area (Å²) in [6, 6.07) is 17.6. The number of hydrogen-bond donors (Lipinski definition) is 2. The van der Waals surface area contributed by atoms with Crippen LogP contribution in [0.4, 0.5) is 4.39 Å². The van der Waals surface area contributed by atoms with Crippen molar-refractivity contribution in [2.75, 3.05) is 19.6 Å². The van der Waals surface area contributed by atoms with E-state index in [4.69, 9.17) is 0 Å². The van der Waals surface area contributed by atoms with Gasteiger partial charge in [0.15, 0.2) is 0 Å². The Labute approximate surface area is 183 Å². The van der Waals surface area contributed by atoms with E-state index in [1.165, 1.54) is 6.07 Å². The minimum atomic E-state index is -0.362. The van der Waals surface area contributed by atoms with Gasteiger partial charge >= 0.3 is 0 Å². The van der Waals surface area contributed by atoms with Crippen molar-refractivity contribution in [1.82, 2.24) is 15.1 Å². The van der Waals surface area contributed by atoms with E-state index in [0.29, 0.717) is 17.0 Å². The van der Waals surface area contributed by atoms with Crippen molar-refractivity contribution in [2.45, 2.75) is 39.7 Å². The first kappa shape index (κ1) is 22.7. The summed E-state index contributed by atoms with van der Waals surface area (Å²) < 4.78 is 15.9. The third kappa shape index (κ3) is 5.79. The normalized spacial score (nSPS) is 12.2. The van der Waals surface area contributed by atoms with Crippen molar-refractivity contribution < 1.29 is 14.1 Å². The SMILES string of the molecule is CC[NH+](CC)CCC[C@H](C)NC(=O)c1cc(-c2ccccc2F)nn1-c1ccccc1. The lowest BCUT2D eigenvalue weighted by molar-refractivity contribution is -0.896. The number of aromatic nitrogens is 2. The highest BCUT2D eigenvalue weighted by Crippen LogP contribution is 2.24. The third-order valence-electron chi connectivity index (χ3n) is 5.64. The first-order valence-corrected chi connectivity index (χ1v) is 11.1. The summed E-state index contributed by atoms with van der Waals surface area (Å²) >= 11 is 0. The number of carbonyl (C=O) groups excluding carboxylic acids is 1. The summed E-state index contributed by atoms with van der Waals surface area (Å²) in [5.74, 6) is -0.568. The van der Waals surface area contributed by atoms with Crippen LogP contribution >= 0.6 is 0 Å². The van der Waals surface area contributed by atoms with Gasteiger partial charge in [0.25, 0.3) is 5.91 Å². The molecule has 0 bridgehead atoms. The Hall–Kier alpha value is -2.99. The van der Waals surface area contributed by atoms with Gasteiger partial charge in [-0.15, -0.1) is 0 Å². The fourth-order valence-electron chi connectivity index (χ4n) is 3.74. The summed E-state index contributed by atoms with van der Waals surface area (Å²) in [6.45, 7) is 9.76. The summed E-state index contributed by atoms with van der Waals surface area (Å²) in [5, 5.41) is 7.65. The number of amides is 1. The number of rotatable bonds is 10. The van der Waals surface area contributed by atoms with Gasteiger partial charge in [0, 0.05) is 11.6 Å². The Morgan fingerprint density at radius 1 is 1.10 bits per heavy atom. The molecule has 1 heterocycles. The van der Waals surface area contributed by atoms with E-state index in [9.17, 15) is 9.18 Å². The van der Waals surface area contributed by atoms with Crippen LogP contribution in [0.5, 0.6) is 0 Å². The lowest BCUT2D eigenvalue weighted by Crippen LogP contribution is -3.11. The number of benzene rings is 2. The van der Waals surface area contributed by atoms with E-state index >= 15 is 0 Å². The largest absolute Gasteiger partial charge is 0.348 e. The number of hydrogen-bond acceptors (Lipinski definition) is 2. The van der Waals surface area contributed by atoms with Gasteiger partial charge < -0.3 is 10.2 Å². The summed E-state index contributed by atoms with van der Waals surface area (Å²) in [7, 11) is 0. The molecule has 1 aromatic heterocycles. The Morgan fingerprint density at radius 3 is 2.45 bits per heavy atom. The molecule has 0 radical (unpaired) electrons. The van der Waals surface area contributed by atoms with Crippen LogP contribution < -0.4 is 10.2 Å². The van der Waals surface area contributed by atoms with Crippen molar-refractivity contribution in [3.8, 4) is 16.9 Å². The van der Waals surface area contributed by atoms with Gasteiger partial charge in [0.2, 0.25) is 0 Å². The second-order valence-corrected chi connectivity index (χ2v) is 7.87. The van der Waals surface area contributed by atoms with E-state index in [2.05, 4.69) is 24.3 Å². The molecule has 6 heteroatoms. The van der Waals surface area contributed by atoms with Crippen molar-refractivity contribution in [1.29, 1.82) is 0 Å². The smallest absolute Gasteiger partial charge is 0.270 e. The molecule has 0 aliphatic heterocycles. The fourth-order valence-corrected chi connectivity index (χ4v) is 3.74. The molecule has 164 valence electrons. The first-order valence-electron chi connectivity index (χ1n) is 11.1. The lowest BCUT2D eigenvalue weighted by Gasteiger charge is -2.18. The van der Waals surface area contributed by atoms with Crippen LogP contribution in [-0.2, 0) is 0 Å². The topological polar surface area (TPSA) is 51.4 Å². The molecule has 0 spiro atoms. The number of nitrogens with one attached hydrogen (secondary N) is 2. The molecule has 0 saturated heterocycles. The highest BCUT2D eigenvalue weighted by molar-refractivity contribution is 5.94. The predicted molar refractivity (Wildman–Crippen MR) is 122 cm³/mol. The van der Waals surface area contributed by atoms with E-state index in [1.807, 2.05) is 37.3 Å². The molecule has 3 aromatic rings. The van der Waals surface area contributed by atoms with Gasteiger partial charge in [-0.25, -0.2) is 9.07 Å². The molecule has 0 unspecified atom stereocenters. The summed E-state index contributed by atoms with van der Waals surface area (Å²) in [6.07, 6.45) is 1.96. The molecule has 5 nitrogen and oxygen atoms in total. The molecular formula is C25H32FN4O+. The Kier molecular flexibility index (Phi) is 7.95. The van der Waals surface area contributed by atoms with Crippen LogP contribution in [0.3, 0.4) is 0 Å². The zero-order valence-corrected chi connectivity index (χ0v) is 18.6. The van der Waals surface area contributed by atoms with Gasteiger partial charge in [-0.1, -0.05) is 30.3 Å².